The summed E-state index contributed by atoms with van der Waals surface area (Å²) in [6.45, 7) is 10.3. The van der Waals surface area contributed by atoms with Gasteiger partial charge in [0.25, 0.3) is 0 Å². The molecule has 0 radical (unpaired) electrons. The maximum absolute atomic E-state index is 3.52. The summed E-state index contributed by atoms with van der Waals surface area (Å²) in [5.74, 6) is 0.607. The van der Waals surface area contributed by atoms with Gasteiger partial charge in [0.15, 0.2) is 0 Å². The Labute approximate surface area is 130 Å². The zero-order valence-corrected chi connectivity index (χ0v) is 14.4. The van der Waals surface area contributed by atoms with Crippen LogP contribution >= 0.6 is 0 Å². The fourth-order valence-corrected chi connectivity index (χ4v) is 3.58. The van der Waals surface area contributed by atoms with Gasteiger partial charge in [-0.1, -0.05) is 45.0 Å². The summed E-state index contributed by atoms with van der Waals surface area (Å²) in [5, 5.41) is 3.52. The number of hydrogen-bond donors (Lipinski definition) is 1. The van der Waals surface area contributed by atoms with Crippen LogP contribution in [0.4, 0.5) is 0 Å². The van der Waals surface area contributed by atoms with Crippen molar-refractivity contribution in [1.29, 1.82) is 0 Å². The molecule has 0 aromatic heterocycles. The van der Waals surface area contributed by atoms with Crippen LogP contribution in [0.25, 0.3) is 0 Å². The van der Waals surface area contributed by atoms with Gasteiger partial charge < -0.3 is 5.32 Å². The molecule has 2 heteroatoms. The van der Waals surface area contributed by atoms with E-state index in [0.29, 0.717) is 12.0 Å². The lowest BCUT2D eigenvalue weighted by Gasteiger charge is -2.32. The first kappa shape index (κ1) is 16.5. The minimum Gasteiger partial charge on any atom is -0.312 e. The van der Waals surface area contributed by atoms with Crippen LogP contribution in [-0.4, -0.2) is 30.6 Å². The Hall–Kier alpha value is -0.860. The quantitative estimate of drug-likeness (QED) is 0.838. The molecule has 0 bridgehead atoms. The highest BCUT2D eigenvalue weighted by atomic mass is 15.2. The second kappa shape index (κ2) is 7.42. The molecule has 2 rings (SSSR count). The molecule has 118 valence electrons. The Morgan fingerprint density at radius 2 is 1.76 bits per heavy atom. The van der Waals surface area contributed by atoms with Crippen LogP contribution in [0.5, 0.6) is 0 Å². The van der Waals surface area contributed by atoms with E-state index in [1.54, 1.807) is 0 Å². The number of nitrogens with one attached hydrogen (secondary N) is 1. The van der Waals surface area contributed by atoms with Crippen molar-refractivity contribution in [3.63, 3.8) is 0 Å². The Bertz CT molecular complexity index is 424. The van der Waals surface area contributed by atoms with Crippen LogP contribution in [0.3, 0.4) is 0 Å². The molecular weight excluding hydrogens is 256 g/mol. The highest BCUT2D eigenvalue weighted by Crippen LogP contribution is 2.29. The fraction of sp³-hybridized carbons (Fsp3) is 0.684. The normalized spacial score (nSPS) is 24.7. The molecule has 21 heavy (non-hydrogen) atoms. The second-order valence-corrected chi connectivity index (χ2v) is 6.85. The third-order valence-corrected chi connectivity index (χ3v) is 5.17. The molecule has 1 aliphatic rings. The smallest absolute Gasteiger partial charge is 0.0447 e. The van der Waals surface area contributed by atoms with Gasteiger partial charge in [0, 0.05) is 24.7 Å². The topological polar surface area (TPSA) is 15.3 Å². The van der Waals surface area contributed by atoms with Crippen LogP contribution in [0.15, 0.2) is 24.3 Å². The van der Waals surface area contributed by atoms with Gasteiger partial charge in [-0.05, 0) is 50.3 Å². The maximum Gasteiger partial charge on any atom is 0.0447 e. The Balaban J connectivity index is 2.08. The van der Waals surface area contributed by atoms with Crippen LogP contribution < -0.4 is 5.32 Å². The fourth-order valence-electron chi connectivity index (χ4n) is 3.58. The summed E-state index contributed by atoms with van der Waals surface area (Å²) in [7, 11) is 2.09. The Morgan fingerprint density at radius 1 is 1.14 bits per heavy atom. The number of likely N-dealkylation sites (N-methyl/N-ethyl adjacent to an activating group) is 1. The summed E-state index contributed by atoms with van der Waals surface area (Å²) >= 11 is 0. The van der Waals surface area contributed by atoms with Gasteiger partial charge in [-0.2, -0.15) is 0 Å². The van der Waals surface area contributed by atoms with Crippen molar-refractivity contribution in [2.24, 2.45) is 0 Å². The third kappa shape index (κ3) is 3.87. The third-order valence-electron chi connectivity index (χ3n) is 5.17. The van der Waals surface area contributed by atoms with Gasteiger partial charge in [-0.15, -0.1) is 0 Å². The Kier molecular flexibility index (Phi) is 5.83. The van der Waals surface area contributed by atoms with E-state index in [1.807, 2.05) is 0 Å². The number of likely N-dealkylation sites (tertiary alicyclic amines) is 1. The zero-order valence-electron chi connectivity index (χ0n) is 14.4. The molecule has 1 aromatic rings. The molecule has 1 fully saturated rings. The van der Waals surface area contributed by atoms with Crippen molar-refractivity contribution in [2.75, 3.05) is 13.6 Å². The van der Waals surface area contributed by atoms with Crippen molar-refractivity contribution in [3.8, 4) is 0 Å². The second-order valence-electron chi connectivity index (χ2n) is 6.85. The molecule has 1 aliphatic heterocycles. The lowest BCUT2D eigenvalue weighted by atomic mass is 9.98. The molecule has 2 nitrogen and oxygen atoms in total. The molecule has 1 N–H and O–H groups in total. The van der Waals surface area contributed by atoms with E-state index in [1.165, 1.54) is 30.4 Å². The summed E-state index contributed by atoms with van der Waals surface area (Å²) in [6.07, 6.45) is 3.98. The SMILES string of the molecule is CCC1CCC(C)N1CC(NC)c1ccc(C(C)C)cc1. The molecule has 3 unspecified atom stereocenters. The van der Waals surface area contributed by atoms with E-state index in [-0.39, 0.29) is 0 Å². The van der Waals surface area contributed by atoms with Crippen LogP contribution in [-0.2, 0) is 0 Å². The van der Waals surface area contributed by atoms with Gasteiger partial charge in [0.1, 0.15) is 0 Å². The highest BCUT2D eigenvalue weighted by molar-refractivity contribution is 5.27. The molecule has 1 aromatic carbocycles. The predicted molar refractivity (Wildman–Crippen MR) is 91.8 cm³/mol. The van der Waals surface area contributed by atoms with Crippen LogP contribution in [0, 0.1) is 0 Å². The highest BCUT2D eigenvalue weighted by Gasteiger charge is 2.30. The van der Waals surface area contributed by atoms with Crippen LogP contribution in [0.2, 0.25) is 0 Å². The van der Waals surface area contributed by atoms with Gasteiger partial charge >= 0.3 is 0 Å². The molecule has 0 saturated carbocycles. The summed E-state index contributed by atoms with van der Waals surface area (Å²) in [4.78, 5) is 2.71. The molecule has 3 atom stereocenters. The van der Waals surface area contributed by atoms with E-state index < -0.39 is 0 Å². The molecule has 1 heterocycles. The molecule has 0 spiro atoms. The first-order valence-electron chi connectivity index (χ1n) is 8.59. The summed E-state index contributed by atoms with van der Waals surface area (Å²) in [6, 6.07) is 11.1. The Morgan fingerprint density at radius 3 is 2.29 bits per heavy atom. The molecular formula is C19H32N2. The van der Waals surface area contributed by atoms with E-state index in [2.05, 4.69) is 69.2 Å². The zero-order chi connectivity index (χ0) is 15.4. The summed E-state index contributed by atoms with van der Waals surface area (Å²) < 4.78 is 0. The molecule has 0 amide bonds. The van der Waals surface area contributed by atoms with Crippen LogP contribution in [0.1, 0.15) is 70.0 Å². The number of hydrogen-bond acceptors (Lipinski definition) is 2. The average molecular weight is 288 g/mol. The van der Waals surface area contributed by atoms with Gasteiger partial charge in [-0.25, -0.2) is 0 Å². The largest absolute Gasteiger partial charge is 0.312 e. The lowest BCUT2D eigenvalue weighted by Crippen LogP contribution is -2.40. The summed E-state index contributed by atoms with van der Waals surface area (Å²) in [5.41, 5.74) is 2.84. The average Bonchev–Trinajstić information content (AvgIpc) is 2.85. The van der Waals surface area contributed by atoms with Crippen molar-refractivity contribution >= 4 is 0 Å². The van der Waals surface area contributed by atoms with E-state index in [0.717, 1.165) is 18.6 Å². The monoisotopic (exact) mass is 288 g/mol. The van der Waals surface area contributed by atoms with Crippen molar-refractivity contribution < 1.29 is 0 Å². The van der Waals surface area contributed by atoms with Crippen molar-refractivity contribution in [2.45, 2.75) is 71.0 Å². The molecule has 1 saturated heterocycles. The first-order chi connectivity index (χ1) is 10.1. The van der Waals surface area contributed by atoms with Gasteiger partial charge in [0.2, 0.25) is 0 Å². The van der Waals surface area contributed by atoms with Crippen molar-refractivity contribution in [1.82, 2.24) is 10.2 Å². The van der Waals surface area contributed by atoms with Crippen molar-refractivity contribution in [3.05, 3.63) is 35.4 Å². The first-order valence-corrected chi connectivity index (χ1v) is 8.59. The lowest BCUT2D eigenvalue weighted by molar-refractivity contribution is 0.179. The standard InChI is InChI=1S/C19H32N2/c1-6-18-12-7-15(4)21(18)13-19(20-5)17-10-8-16(9-11-17)14(2)3/h8-11,14-15,18-20H,6-7,12-13H2,1-5H3. The van der Waals surface area contributed by atoms with Gasteiger partial charge in [0.05, 0.1) is 0 Å². The minimum absolute atomic E-state index is 0.431. The number of nitrogens with zero attached hydrogens (tertiary/aromatic N) is 1. The van der Waals surface area contributed by atoms with E-state index in [4.69, 9.17) is 0 Å². The van der Waals surface area contributed by atoms with Gasteiger partial charge in [-0.3, -0.25) is 4.90 Å². The van der Waals surface area contributed by atoms with E-state index in [9.17, 15) is 0 Å². The minimum atomic E-state index is 0.431. The van der Waals surface area contributed by atoms with E-state index >= 15 is 0 Å². The predicted octanol–water partition coefficient (Wildman–Crippen LogP) is 4.33. The number of benzene rings is 1. The molecule has 0 aliphatic carbocycles. The number of rotatable bonds is 6. The maximum atomic E-state index is 3.52.